The van der Waals surface area contributed by atoms with Crippen LogP contribution in [0.3, 0.4) is 0 Å². The van der Waals surface area contributed by atoms with Crippen LogP contribution in [0, 0.1) is 0 Å². The normalized spacial score (nSPS) is 10.0. The van der Waals surface area contributed by atoms with Crippen molar-refractivity contribution >= 4 is 24.3 Å². The summed E-state index contributed by atoms with van der Waals surface area (Å²) in [5, 5.41) is 0. The van der Waals surface area contributed by atoms with E-state index in [1.165, 1.54) is 0 Å². The lowest BCUT2D eigenvalue weighted by Gasteiger charge is -2.00. The second-order valence-corrected chi connectivity index (χ2v) is 2.07. The zero-order valence-corrected chi connectivity index (χ0v) is 8.93. The molecule has 0 radical (unpaired) electrons. The minimum Gasteiger partial charge on any atom is -0.463 e. The summed E-state index contributed by atoms with van der Waals surface area (Å²) in [6, 6.07) is 0. The molecule has 14 heavy (non-hydrogen) atoms. The van der Waals surface area contributed by atoms with Crippen LogP contribution in [0.1, 0.15) is 13.8 Å². The van der Waals surface area contributed by atoms with Gasteiger partial charge >= 0.3 is 11.9 Å². The third kappa shape index (κ3) is 6.30. The van der Waals surface area contributed by atoms with E-state index >= 15 is 0 Å². The number of esters is 2. The average molecular weight is 224 g/mol. The van der Waals surface area contributed by atoms with E-state index in [0.29, 0.717) is 0 Å². The van der Waals surface area contributed by atoms with Crippen molar-refractivity contribution in [1.82, 2.24) is 0 Å². The molecule has 0 unspecified atom stereocenters. The van der Waals surface area contributed by atoms with E-state index in [0.717, 1.165) is 6.08 Å². The van der Waals surface area contributed by atoms with Crippen molar-refractivity contribution in [2.24, 2.45) is 5.73 Å². The van der Waals surface area contributed by atoms with Gasteiger partial charge < -0.3 is 15.2 Å². The van der Waals surface area contributed by atoms with Crippen molar-refractivity contribution in [2.75, 3.05) is 13.2 Å². The van der Waals surface area contributed by atoms with Gasteiger partial charge in [0.2, 0.25) is 0 Å². The van der Waals surface area contributed by atoms with Crippen LogP contribution < -0.4 is 5.73 Å². The first-order chi connectivity index (χ1) is 6.11. The first kappa shape index (κ1) is 15.3. The number of halogens is 1. The van der Waals surface area contributed by atoms with Crippen LogP contribution in [0.25, 0.3) is 0 Å². The highest BCUT2D eigenvalue weighted by Gasteiger charge is 2.08. The zero-order chi connectivity index (χ0) is 10.3. The summed E-state index contributed by atoms with van der Waals surface area (Å²) in [5.41, 5.74) is 4.97. The summed E-state index contributed by atoms with van der Waals surface area (Å²) in [5.74, 6) is -1.36. The van der Waals surface area contributed by atoms with Crippen LogP contribution in [-0.2, 0) is 19.1 Å². The van der Waals surface area contributed by atoms with E-state index in [9.17, 15) is 9.59 Å². The van der Waals surface area contributed by atoms with E-state index < -0.39 is 11.9 Å². The summed E-state index contributed by atoms with van der Waals surface area (Å²) in [6.07, 6.45) is 0.904. The van der Waals surface area contributed by atoms with Crippen molar-refractivity contribution < 1.29 is 19.1 Å². The molecule has 0 rings (SSSR count). The highest BCUT2D eigenvalue weighted by atomic mass is 35.5. The van der Waals surface area contributed by atoms with Gasteiger partial charge in [0, 0.05) is 0 Å². The van der Waals surface area contributed by atoms with Crippen LogP contribution in [0.5, 0.6) is 0 Å². The summed E-state index contributed by atoms with van der Waals surface area (Å²) in [4.78, 5) is 21.6. The molecule has 0 spiro atoms. The number of ether oxygens (including phenoxy) is 2. The lowest BCUT2D eigenvalue weighted by molar-refractivity contribution is -0.141. The van der Waals surface area contributed by atoms with Gasteiger partial charge in [0.25, 0.3) is 0 Å². The predicted octanol–water partition coefficient (Wildman–Crippen LogP) is 0.377. The SMILES string of the molecule is CCOC(=O)/C=C(\N)C(=O)OCC.Cl. The third-order valence-electron chi connectivity index (χ3n) is 1.07. The molecule has 0 atom stereocenters. The molecule has 2 N–H and O–H groups in total. The second-order valence-electron chi connectivity index (χ2n) is 2.07. The molecule has 0 aliphatic heterocycles. The second kappa shape index (κ2) is 8.37. The summed E-state index contributed by atoms with van der Waals surface area (Å²) in [7, 11) is 0. The zero-order valence-electron chi connectivity index (χ0n) is 8.11. The van der Waals surface area contributed by atoms with Gasteiger partial charge in [-0.3, -0.25) is 0 Å². The van der Waals surface area contributed by atoms with E-state index in [1.54, 1.807) is 13.8 Å². The smallest absolute Gasteiger partial charge is 0.354 e. The van der Waals surface area contributed by atoms with Crippen LogP contribution in [0.15, 0.2) is 11.8 Å². The van der Waals surface area contributed by atoms with Crippen LogP contribution in [0.2, 0.25) is 0 Å². The van der Waals surface area contributed by atoms with E-state index in [2.05, 4.69) is 9.47 Å². The fourth-order valence-corrected chi connectivity index (χ4v) is 0.584. The van der Waals surface area contributed by atoms with Crippen molar-refractivity contribution in [1.29, 1.82) is 0 Å². The quantitative estimate of drug-likeness (QED) is 0.551. The molecule has 0 saturated heterocycles. The molecule has 0 aliphatic rings. The molecular formula is C8H14ClNO4. The summed E-state index contributed by atoms with van der Waals surface area (Å²) >= 11 is 0. The van der Waals surface area contributed by atoms with Gasteiger partial charge in [-0.25, -0.2) is 9.59 Å². The fraction of sp³-hybridized carbons (Fsp3) is 0.500. The maximum Gasteiger partial charge on any atom is 0.354 e. The van der Waals surface area contributed by atoms with Gasteiger partial charge in [0.15, 0.2) is 0 Å². The van der Waals surface area contributed by atoms with Crippen molar-refractivity contribution in [3.8, 4) is 0 Å². The summed E-state index contributed by atoms with van der Waals surface area (Å²) < 4.78 is 9.08. The number of hydrogen-bond donors (Lipinski definition) is 1. The van der Waals surface area contributed by atoms with Gasteiger partial charge in [0.1, 0.15) is 5.70 Å². The Hall–Kier alpha value is -1.23. The van der Waals surface area contributed by atoms with E-state index in [4.69, 9.17) is 5.73 Å². The van der Waals surface area contributed by atoms with Crippen molar-refractivity contribution in [2.45, 2.75) is 13.8 Å². The molecule has 0 fully saturated rings. The topological polar surface area (TPSA) is 78.6 Å². The molecule has 0 aromatic rings. The molecule has 6 heteroatoms. The Morgan fingerprint density at radius 3 is 2.14 bits per heavy atom. The Morgan fingerprint density at radius 2 is 1.71 bits per heavy atom. The highest BCUT2D eigenvalue weighted by Crippen LogP contribution is 1.91. The Morgan fingerprint density at radius 1 is 1.21 bits per heavy atom. The molecule has 0 aromatic heterocycles. The number of hydrogen-bond acceptors (Lipinski definition) is 5. The molecule has 0 bridgehead atoms. The predicted molar refractivity (Wildman–Crippen MR) is 52.8 cm³/mol. The lowest BCUT2D eigenvalue weighted by atomic mass is 10.4. The minimum absolute atomic E-state index is 0. The first-order valence-corrected chi connectivity index (χ1v) is 3.92. The van der Waals surface area contributed by atoms with Crippen molar-refractivity contribution in [3.05, 3.63) is 11.8 Å². The first-order valence-electron chi connectivity index (χ1n) is 3.92. The Kier molecular flexibility index (Phi) is 9.12. The number of carbonyl (C=O) groups is 2. The fourth-order valence-electron chi connectivity index (χ4n) is 0.584. The summed E-state index contributed by atoms with van der Waals surface area (Å²) in [6.45, 7) is 3.77. The number of carbonyl (C=O) groups excluding carboxylic acids is 2. The Labute approximate surface area is 88.6 Å². The van der Waals surface area contributed by atoms with Crippen LogP contribution in [0.4, 0.5) is 0 Å². The molecule has 0 heterocycles. The Balaban J connectivity index is 0. The highest BCUT2D eigenvalue weighted by molar-refractivity contribution is 5.95. The molecular weight excluding hydrogens is 210 g/mol. The maximum absolute atomic E-state index is 10.9. The molecule has 0 aromatic carbocycles. The van der Waals surface area contributed by atoms with Crippen LogP contribution in [-0.4, -0.2) is 25.2 Å². The standard InChI is InChI=1S/C8H13NO4.ClH/c1-3-12-7(10)5-6(9)8(11)13-4-2;/h5H,3-4,9H2,1-2H3;1H/b6-5-;. The van der Waals surface area contributed by atoms with Crippen LogP contribution >= 0.6 is 12.4 Å². The average Bonchev–Trinajstić information content (AvgIpc) is 2.05. The van der Waals surface area contributed by atoms with Gasteiger partial charge in [-0.2, -0.15) is 0 Å². The lowest BCUT2D eigenvalue weighted by Crippen LogP contribution is -2.17. The number of nitrogens with two attached hydrogens (primary N) is 1. The van der Waals surface area contributed by atoms with Gasteiger partial charge in [0.05, 0.1) is 19.3 Å². The maximum atomic E-state index is 10.9. The molecule has 5 nitrogen and oxygen atoms in total. The van der Waals surface area contributed by atoms with Crippen molar-refractivity contribution in [3.63, 3.8) is 0 Å². The Bertz CT molecular complexity index is 227. The van der Waals surface area contributed by atoms with Gasteiger partial charge in [-0.1, -0.05) is 0 Å². The van der Waals surface area contributed by atoms with E-state index in [1.807, 2.05) is 0 Å². The van der Waals surface area contributed by atoms with Gasteiger partial charge in [-0.05, 0) is 13.8 Å². The molecule has 82 valence electrons. The molecule has 0 aliphatic carbocycles. The number of rotatable bonds is 4. The van der Waals surface area contributed by atoms with Gasteiger partial charge in [-0.15, -0.1) is 12.4 Å². The molecule has 0 amide bonds. The largest absolute Gasteiger partial charge is 0.463 e. The third-order valence-corrected chi connectivity index (χ3v) is 1.07. The molecule has 0 saturated carbocycles. The van der Waals surface area contributed by atoms with E-state index in [-0.39, 0.29) is 31.3 Å². The monoisotopic (exact) mass is 223 g/mol. The minimum atomic E-state index is -0.712.